The summed E-state index contributed by atoms with van der Waals surface area (Å²) < 4.78 is 0. The molecule has 0 aromatic heterocycles. The Labute approximate surface area is 117 Å². The van der Waals surface area contributed by atoms with Crippen LogP contribution in [0.15, 0.2) is 11.1 Å². The third-order valence-corrected chi connectivity index (χ3v) is 3.94. The summed E-state index contributed by atoms with van der Waals surface area (Å²) in [6, 6.07) is -0.197. The highest BCUT2D eigenvalue weighted by Crippen LogP contribution is 2.24. The zero-order valence-electron chi connectivity index (χ0n) is 11.8. The molecule has 1 saturated heterocycles. The topological polar surface area (TPSA) is 86.7 Å². The molecule has 1 saturated carbocycles. The second-order valence-electron chi connectivity index (χ2n) is 5.49. The molecule has 1 atom stereocenters. The SMILES string of the molecule is CC(C(=O)O)=C(C)C(=O)N1CCCC1C(=O)NC1CC1. The quantitative estimate of drug-likeness (QED) is 0.741. The van der Waals surface area contributed by atoms with Crippen LogP contribution >= 0.6 is 0 Å². The Morgan fingerprint density at radius 3 is 2.30 bits per heavy atom. The molecule has 2 amide bonds. The van der Waals surface area contributed by atoms with Gasteiger partial charge in [-0.1, -0.05) is 0 Å². The van der Waals surface area contributed by atoms with Crippen molar-refractivity contribution in [3.8, 4) is 0 Å². The summed E-state index contributed by atoms with van der Waals surface area (Å²) in [6.45, 7) is 3.41. The molecule has 0 radical (unpaired) electrons. The Kier molecular flexibility index (Phi) is 4.11. The van der Waals surface area contributed by atoms with E-state index in [1.54, 1.807) is 0 Å². The number of carbonyl (C=O) groups excluding carboxylic acids is 2. The molecular weight excluding hydrogens is 260 g/mol. The van der Waals surface area contributed by atoms with Crippen LogP contribution < -0.4 is 5.32 Å². The summed E-state index contributed by atoms with van der Waals surface area (Å²) >= 11 is 0. The second kappa shape index (κ2) is 5.64. The van der Waals surface area contributed by atoms with Crippen molar-refractivity contribution < 1.29 is 19.5 Å². The van der Waals surface area contributed by atoms with Gasteiger partial charge in [0.2, 0.25) is 5.91 Å². The number of nitrogens with zero attached hydrogens (tertiary/aromatic N) is 1. The number of hydrogen-bond donors (Lipinski definition) is 2. The number of carboxylic acids is 1. The minimum atomic E-state index is -1.10. The molecule has 6 nitrogen and oxygen atoms in total. The number of aliphatic carboxylic acids is 1. The van der Waals surface area contributed by atoms with E-state index in [-0.39, 0.29) is 29.0 Å². The molecule has 0 aromatic carbocycles. The standard InChI is InChI=1S/C14H20N2O4/c1-8(9(2)14(19)20)13(18)16-7-3-4-11(16)12(17)15-10-5-6-10/h10-11H,3-7H2,1-2H3,(H,15,17)(H,19,20). The minimum Gasteiger partial charge on any atom is -0.478 e. The molecule has 0 spiro atoms. The van der Waals surface area contributed by atoms with E-state index in [1.807, 2.05) is 0 Å². The average Bonchev–Trinajstić information content (AvgIpc) is 3.08. The van der Waals surface area contributed by atoms with Gasteiger partial charge in [-0.15, -0.1) is 0 Å². The van der Waals surface area contributed by atoms with Crippen molar-refractivity contribution in [2.75, 3.05) is 6.54 Å². The van der Waals surface area contributed by atoms with Crippen molar-refractivity contribution in [2.24, 2.45) is 0 Å². The van der Waals surface area contributed by atoms with Crippen molar-refractivity contribution in [2.45, 2.75) is 51.6 Å². The van der Waals surface area contributed by atoms with Crippen molar-refractivity contribution in [3.05, 3.63) is 11.1 Å². The number of amides is 2. The number of carbonyl (C=O) groups is 3. The van der Waals surface area contributed by atoms with Crippen LogP contribution in [-0.4, -0.2) is 46.4 Å². The van der Waals surface area contributed by atoms with Gasteiger partial charge < -0.3 is 15.3 Å². The molecule has 0 aromatic rings. The first-order valence-electron chi connectivity index (χ1n) is 6.94. The van der Waals surface area contributed by atoms with Gasteiger partial charge in [-0.3, -0.25) is 9.59 Å². The van der Waals surface area contributed by atoms with E-state index < -0.39 is 12.0 Å². The van der Waals surface area contributed by atoms with E-state index in [9.17, 15) is 14.4 Å². The highest BCUT2D eigenvalue weighted by Gasteiger charge is 2.37. The Hall–Kier alpha value is -1.85. The maximum Gasteiger partial charge on any atom is 0.331 e. The number of hydrogen-bond acceptors (Lipinski definition) is 3. The predicted octanol–water partition coefficient (Wildman–Crippen LogP) is 0.677. The zero-order valence-corrected chi connectivity index (χ0v) is 11.8. The van der Waals surface area contributed by atoms with Crippen molar-refractivity contribution in [1.29, 1.82) is 0 Å². The highest BCUT2D eigenvalue weighted by atomic mass is 16.4. The summed E-state index contributed by atoms with van der Waals surface area (Å²) in [4.78, 5) is 36.9. The van der Waals surface area contributed by atoms with Crippen LogP contribution in [0.1, 0.15) is 39.5 Å². The van der Waals surface area contributed by atoms with Gasteiger partial charge in [-0.25, -0.2) is 4.79 Å². The fourth-order valence-electron chi connectivity index (χ4n) is 2.34. The van der Waals surface area contributed by atoms with Gasteiger partial charge in [0.25, 0.3) is 5.91 Å². The fraction of sp³-hybridized carbons (Fsp3) is 0.643. The molecule has 2 N–H and O–H groups in total. The molecule has 1 aliphatic heterocycles. The molecule has 0 bridgehead atoms. The summed E-state index contributed by atoms with van der Waals surface area (Å²) in [5.74, 6) is -1.56. The lowest BCUT2D eigenvalue weighted by Crippen LogP contribution is -2.47. The lowest BCUT2D eigenvalue weighted by Gasteiger charge is -2.24. The summed E-state index contributed by atoms with van der Waals surface area (Å²) in [6.07, 6.45) is 3.42. The minimum absolute atomic E-state index is 0.0308. The first-order valence-corrected chi connectivity index (χ1v) is 6.94. The number of rotatable bonds is 4. The van der Waals surface area contributed by atoms with Crippen LogP contribution in [0.2, 0.25) is 0 Å². The maximum atomic E-state index is 12.3. The average molecular weight is 280 g/mol. The van der Waals surface area contributed by atoms with Crippen molar-refractivity contribution in [3.63, 3.8) is 0 Å². The molecule has 1 aliphatic carbocycles. The van der Waals surface area contributed by atoms with Crippen LogP contribution in [-0.2, 0) is 14.4 Å². The van der Waals surface area contributed by atoms with Crippen LogP contribution in [0.5, 0.6) is 0 Å². The number of nitrogens with one attached hydrogen (secondary N) is 1. The van der Waals surface area contributed by atoms with E-state index in [0.717, 1.165) is 19.3 Å². The molecule has 1 heterocycles. The Bertz CT molecular complexity index is 480. The summed E-state index contributed by atoms with van der Waals surface area (Å²) in [5.41, 5.74) is 0.229. The van der Waals surface area contributed by atoms with Gasteiger partial charge in [0.15, 0.2) is 0 Å². The summed E-state index contributed by atoms with van der Waals surface area (Å²) in [5, 5.41) is 11.8. The third-order valence-electron chi connectivity index (χ3n) is 3.94. The van der Waals surface area contributed by atoms with Crippen LogP contribution in [0, 0.1) is 0 Å². The van der Waals surface area contributed by atoms with E-state index >= 15 is 0 Å². The predicted molar refractivity (Wildman–Crippen MR) is 71.9 cm³/mol. The molecule has 1 unspecified atom stereocenters. The molecule has 2 rings (SSSR count). The first-order chi connectivity index (χ1) is 9.41. The molecular formula is C14H20N2O4. The molecule has 6 heteroatoms. The van der Waals surface area contributed by atoms with Crippen molar-refractivity contribution >= 4 is 17.8 Å². The van der Waals surface area contributed by atoms with Crippen LogP contribution in [0.3, 0.4) is 0 Å². The lowest BCUT2D eigenvalue weighted by atomic mass is 10.1. The largest absolute Gasteiger partial charge is 0.478 e. The molecule has 2 aliphatic rings. The Morgan fingerprint density at radius 1 is 1.10 bits per heavy atom. The normalized spacial score (nSPS) is 23.3. The third kappa shape index (κ3) is 3.00. The van der Waals surface area contributed by atoms with Gasteiger partial charge in [-0.05, 0) is 39.5 Å². The van der Waals surface area contributed by atoms with Gasteiger partial charge in [0, 0.05) is 23.7 Å². The number of carboxylic acid groups (broad SMARTS) is 1. The summed E-state index contributed by atoms with van der Waals surface area (Å²) in [7, 11) is 0. The van der Waals surface area contributed by atoms with Crippen LogP contribution in [0.25, 0.3) is 0 Å². The van der Waals surface area contributed by atoms with Gasteiger partial charge in [0.1, 0.15) is 6.04 Å². The Balaban J connectivity index is 2.09. The first kappa shape index (κ1) is 14.6. The van der Waals surface area contributed by atoms with E-state index in [4.69, 9.17) is 5.11 Å². The molecule has 2 fully saturated rings. The number of likely N-dealkylation sites (tertiary alicyclic amines) is 1. The van der Waals surface area contributed by atoms with E-state index in [1.165, 1.54) is 18.7 Å². The zero-order chi connectivity index (χ0) is 14.9. The van der Waals surface area contributed by atoms with E-state index in [2.05, 4.69) is 5.32 Å². The maximum absolute atomic E-state index is 12.3. The monoisotopic (exact) mass is 280 g/mol. The van der Waals surface area contributed by atoms with Gasteiger partial charge >= 0.3 is 5.97 Å². The molecule has 110 valence electrons. The highest BCUT2D eigenvalue weighted by molar-refractivity contribution is 6.03. The van der Waals surface area contributed by atoms with Gasteiger partial charge in [0.05, 0.1) is 0 Å². The van der Waals surface area contributed by atoms with Gasteiger partial charge in [-0.2, -0.15) is 0 Å². The van der Waals surface area contributed by atoms with Crippen molar-refractivity contribution in [1.82, 2.24) is 10.2 Å². The van der Waals surface area contributed by atoms with E-state index in [0.29, 0.717) is 13.0 Å². The fourth-order valence-corrected chi connectivity index (χ4v) is 2.34. The van der Waals surface area contributed by atoms with Crippen LogP contribution in [0.4, 0.5) is 0 Å². The smallest absolute Gasteiger partial charge is 0.331 e. The second-order valence-corrected chi connectivity index (χ2v) is 5.49. The lowest BCUT2D eigenvalue weighted by molar-refractivity contribution is -0.136. The molecule has 20 heavy (non-hydrogen) atoms. The Morgan fingerprint density at radius 2 is 1.75 bits per heavy atom.